The Labute approximate surface area is 217 Å². The molecule has 4 rings (SSSR count). The van der Waals surface area contributed by atoms with Gasteiger partial charge >= 0.3 is 12.0 Å². The Morgan fingerprint density at radius 3 is 2.46 bits per heavy atom. The molecule has 0 radical (unpaired) electrons. The minimum Gasteiger partial charge on any atom is -0.496 e. The van der Waals surface area contributed by atoms with Gasteiger partial charge in [-0.2, -0.15) is 0 Å². The van der Waals surface area contributed by atoms with Crippen molar-refractivity contribution in [2.24, 2.45) is 0 Å². The highest BCUT2D eigenvalue weighted by molar-refractivity contribution is 5.95. The van der Waals surface area contributed by atoms with Crippen LogP contribution in [-0.4, -0.2) is 86.1 Å². The summed E-state index contributed by atoms with van der Waals surface area (Å²) >= 11 is 0. The van der Waals surface area contributed by atoms with Gasteiger partial charge in [0.2, 0.25) is 0 Å². The van der Waals surface area contributed by atoms with Crippen molar-refractivity contribution in [1.29, 1.82) is 0 Å². The first kappa shape index (κ1) is 26.2. The number of amides is 3. The lowest BCUT2D eigenvalue weighted by Gasteiger charge is -2.37. The van der Waals surface area contributed by atoms with Gasteiger partial charge in [-0.25, -0.2) is 9.59 Å². The number of rotatable bonds is 7. The van der Waals surface area contributed by atoms with Crippen molar-refractivity contribution in [3.05, 3.63) is 77.0 Å². The third-order valence-electron chi connectivity index (χ3n) is 6.79. The number of hydrogen-bond acceptors (Lipinski definition) is 6. The van der Waals surface area contributed by atoms with Crippen molar-refractivity contribution in [2.75, 3.05) is 53.5 Å². The topological polar surface area (TPSA) is 91.4 Å². The van der Waals surface area contributed by atoms with Gasteiger partial charge in [0.1, 0.15) is 5.75 Å². The molecule has 0 aliphatic carbocycles. The number of likely N-dealkylation sites (N-methyl/N-ethyl adjacent to an activating group) is 1. The van der Waals surface area contributed by atoms with Crippen LogP contribution in [0, 0.1) is 0 Å². The fraction of sp³-hybridized carbons (Fsp3) is 0.393. The number of ether oxygens (including phenoxy) is 2. The maximum Gasteiger partial charge on any atom is 0.338 e. The molecule has 1 saturated heterocycles. The first-order valence-corrected chi connectivity index (χ1v) is 12.6. The number of para-hydroxylation sites is 1. The number of methoxy groups -OCH3 is 1. The molecule has 0 bridgehead atoms. The lowest BCUT2D eigenvalue weighted by atomic mass is 9.93. The van der Waals surface area contributed by atoms with Crippen LogP contribution in [0.25, 0.3) is 0 Å². The first-order valence-electron chi connectivity index (χ1n) is 12.6. The third kappa shape index (κ3) is 5.77. The van der Waals surface area contributed by atoms with E-state index in [1.807, 2.05) is 53.4 Å². The number of nitrogens with one attached hydrogen (secondary N) is 1. The van der Waals surface area contributed by atoms with E-state index < -0.39 is 12.0 Å². The average Bonchev–Trinajstić information content (AvgIpc) is 3.16. The van der Waals surface area contributed by atoms with Crippen LogP contribution in [0.1, 0.15) is 35.3 Å². The van der Waals surface area contributed by atoms with Crippen LogP contribution in [0.2, 0.25) is 0 Å². The van der Waals surface area contributed by atoms with E-state index in [1.54, 1.807) is 27.1 Å². The molecule has 9 heteroatoms. The van der Waals surface area contributed by atoms with E-state index in [1.165, 1.54) is 4.90 Å². The fourth-order valence-corrected chi connectivity index (χ4v) is 4.84. The smallest absolute Gasteiger partial charge is 0.338 e. The van der Waals surface area contributed by atoms with Gasteiger partial charge in [0.15, 0.2) is 0 Å². The van der Waals surface area contributed by atoms with Gasteiger partial charge < -0.3 is 19.7 Å². The number of urea groups is 1. The summed E-state index contributed by atoms with van der Waals surface area (Å²) < 4.78 is 11.0. The van der Waals surface area contributed by atoms with E-state index in [0.717, 1.165) is 13.0 Å². The Morgan fingerprint density at radius 2 is 1.73 bits per heavy atom. The summed E-state index contributed by atoms with van der Waals surface area (Å²) in [6.45, 7) is 4.90. The number of nitrogens with zero attached hydrogens (tertiary/aromatic N) is 3. The van der Waals surface area contributed by atoms with E-state index in [0.29, 0.717) is 54.3 Å². The summed E-state index contributed by atoms with van der Waals surface area (Å²) in [5.41, 5.74) is 2.32. The summed E-state index contributed by atoms with van der Waals surface area (Å²) in [5.74, 6) is 0.110. The molecule has 0 aromatic heterocycles. The van der Waals surface area contributed by atoms with Gasteiger partial charge in [-0.15, -0.1) is 0 Å². The highest BCUT2D eigenvalue weighted by Crippen LogP contribution is 2.35. The standard InChI is InChI=1S/C28H34N4O5/c1-4-37-27(34)24-22(30(2)28(35)29-25(24)21-13-8-9-14-23(21)36-3)19-31-15-10-16-32(18-17-31)26(33)20-11-6-5-7-12-20/h5-9,11-14,25H,4,10,15-19H2,1-3H3,(H,29,35)/t25-/m0/s1. The lowest BCUT2D eigenvalue weighted by Crippen LogP contribution is -2.49. The Kier molecular flexibility index (Phi) is 8.45. The van der Waals surface area contributed by atoms with E-state index in [9.17, 15) is 14.4 Å². The minimum absolute atomic E-state index is 0.0132. The number of hydrogen-bond donors (Lipinski definition) is 1. The van der Waals surface area contributed by atoms with Gasteiger partial charge in [0.05, 0.1) is 25.3 Å². The highest BCUT2D eigenvalue weighted by Gasteiger charge is 2.38. The molecule has 2 aromatic carbocycles. The van der Waals surface area contributed by atoms with Gasteiger partial charge in [-0.1, -0.05) is 36.4 Å². The molecule has 1 fully saturated rings. The van der Waals surface area contributed by atoms with Crippen molar-refractivity contribution in [3.63, 3.8) is 0 Å². The number of benzene rings is 2. The SMILES string of the molecule is CCOC(=O)C1=C(CN2CCCN(C(=O)c3ccccc3)CC2)N(C)C(=O)N[C@H]1c1ccccc1OC. The maximum absolute atomic E-state index is 13.3. The largest absolute Gasteiger partial charge is 0.496 e. The van der Waals surface area contributed by atoms with Crippen molar-refractivity contribution >= 4 is 17.9 Å². The number of esters is 1. The summed E-state index contributed by atoms with van der Waals surface area (Å²) in [6, 6.07) is 15.6. The molecular weight excluding hydrogens is 472 g/mol. The highest BCUT2D eigenvalue weighted by atomic mass is 16.5. The van der Waals surface area contributed by atoms with Crippen molar-refractivity contribution in [2.45, 2.75) is 19.4 Å². The van der Waals surface area contributed by atoms with Gasteiger partial charge in [0, 0.05) is 56.6 Å². The quantitative estimate of drug-likeness (QED) is 0.581. The molecule has 9 nitrogen and oxygen atoms in total. The number of carbonyl (C=O) groups is 3. The van der Waals surface area contributed by atoms with Crippen molar-refractivity contribution < 1.29 is 23.9 Å². The second-order valence-corrected chi connectivity index (χ2v) is 9.05. The molecule has 0 unspecified atom stereocenters. The zero-order valence-corrected chi connectivity index (χ0v) is 21.6. The summed E-state index contributed by atoms with van der Waals surface area (Å²) in [7, 11) is 3.22. The maximum atomic E-state index is 13.3. The molecule has 1 N–H and O–H groups in total. The Hall–Kier alpha value is -3.85. The molecule has 37 heavy (non-hydrogen) atoms. The van der Waals surface area contributed by atoms with Crippen LogP contribution in [0.3, 0.4) is 0 Å². The van der Waals surface area contributed by atoms with Crippen LogP contribution in [-0.2, 0) is 9.53 Å². The van der Waals surface area contributed by atoms with Crippen LogP contribution in [0.15, 0.2) is 65.9 Å². The molecule has 0 spiro atoms. The van der Waals surface area contributed by atoms with E-state index in [2.05, 4.69) is 10.2 Å². The van der Waals surface area contributed by atoms with E-state index >= 15 is 0 Å². The molecule has 0 saturated carbocycles. The first-order chi connectivity index (χ1) is 17.9. The Morgan fingerprint density at radius 1 is 1.00 bits per heavy atom. The van der Waals surface area contributed by atoms with Gasteiger partial charge in [-0.3, -0.25) is 14.6 Å². The third-order valence-corrected chi connectivity index (χ3v) is 6.79. The molecule has 3 amide bonds. The molecule has 1 atom stereocenters. The van der Waals surface area contributed by atoms with Crippen LogP contribution >= 0.6 is 0 Å². The molecule has 2 aliphatic rings. The normalized spacial score (nSPS) is 18.8. The molecule has 196 valence electrons. The van der Waals surface area contributed by atoms with Crippen molar-refractivity contribution in [1.82, 2.24) is 20.0 Å². The molecular formula is C28H34N4O5. The summed E-state index contributed by atoms with van der Waals surface area (Å²) in [5, 5.41) is 2.94. The van der Waals surface area contributed by atoms with Crippen LogP contribution in [0.5, 0.6) is 5.75 Å². The zero-order chi connectivity index (χ0) is 26.4. The Bertz CT molecular complexity index is 1170. The van der Waals surface area contributed by atoms with E-state index in [4.69, 9.17) is 9.47 Å². The van der Waals surface area contributed by atoms with Gasteiger partial charge in [-0.05, 0) is 31.5 Å². The van der Waals surface area contributed by atoms with E-state index in [-0.39, 0.29) is 18.5 Å². The van der Waals surface area contributed by atoms with Crippen molar-refractivity contribution in [3.8, 4) is 5.75 Å². The molecule has 2 aliphatic heterocycles. The fourth-order valence-electron chi connectivity index (χ4n) is 4.84. The zero-order valence-electron chi connectivity index (χ0n) is 21.6. The summed E-state index contributed by atoms with van der Waals surface area (Å²) in [4.78, 5) is 44.8. The Balaban J connectivity index is 1.62. The second-order valence-electron chi connectivity index (χ2n) is 9.05. The van der Waals surface area contributed by atoms with Crippen LogP contribution in [0.4, 0.5) is 4.79 Å². The molecule has 2 heterocycles. The lowest BCUT2D eigenvalue weighted by molar-refractivity contribution is -0.139. The van der Waals surface area contributed by atoms with Crippen LogP contribution < -0.4 is 10.1 Å². The molecule has 2 aromatic rings. The van der Waals surface area contributed by atoms with Gasteiger partial charge in [0.25, 0.3) is 5.91 Å². The predicted molar refractivity (Wildman–Crippen MR) is 139 cm³/mol. The predicted octanol–water partition coefficient (Wildman–Crippen LogP) is 3.06. The summed E-state index contributed by atoms with van der Waals surface area (Å²) in [6.07, 6.45) is 0.784. The number of carbonyl (C=O) groups excluding carboxylic acids is 3. The average molecular weight is 507 g/mol. The minimum atomic E-state index is -0.711. The monoisotopic (exact) mass is 506 g/mol. The second kappa shape index (κ2) is 11.9.